The standard InChI is InChI=1S/C17H19ClN2O2S/c1-17(2,3)19-16(21)14-11-12(18)9-10-15(14)23(22)20-13-7-5-4-6-8-13/h4-11,20H,1-3H3,(H,19,21). The maximum absolute atomic E-state index is 12.6. The lowest BCUT2D eigenvalue weighted by atomic mass is 10.1. The van der Waals surface area contributed by atoms with Crippen molar-refractivity contribution in [2.75, 3.05) is 4.72 Å². The van der Waals surface area contributed by atoms with Gasteiger partial charge in [-0.2, -0.15) is 0 Å². The number of anilines is 1. The molecule has 0 bridgehead atoms. The summed E-state index contributed by atoms with van der Waals surface area (Å²) < 4.78 is 15.5. The number of halogens is 1. The molecule has 122 valence electrons. The molecule has 0 radical (unpaired) electrons. The highest BCUT2D eigenvalue weighted by molar-refractivity contribution is 7.86. The van der Waals surface area contributed by atoms with Crippen LogP contribution in [0.2, 0.25) is 5.02 Å². The molecule has 0 heterocycles. The van der Waals surface area contributed by atoms with Gasteiger partial charge in [0.2, 0.25) is 0 Å². The van der Waals surface area contributed by atoms with E-state index in [4.69, 9.17) is 11.6 Å². The van der Waals surface area contributed by atoms with Crippen LogP contribution in [0.15, 0.2) is 53.4 Å². The quantitative estimate of drug-likeness (QED) is 0.875. The third-order valence-corrected chi connectivity index (χ3v) is 4.27. The molecular formula is C17H19ClN2O2S. The molecule has 0 aliphatic carbocycles. The number of para-hydroxylation sites is 1. The van der Waals surface area contributed by atoms with Crippen molar-refractivity contribution < 1.29 is 9.00 Å². The molecule has 6 heteroatoms. The van der Waals surface area contributed by atoms with Gasteiger partial charge < -0.3 is 10.0 Å². The molecule has 1 unspecified atom stereocenters. The average Bonchev–Trinajstić information content (AvgIpc) is 2.46. The molecule has 0 fully saturated rings. The number of amides is 1. The topological polar surface area (TPSA) is 58.2 Å². The lowest BCUT2D eigenvalue weighted by Crippen LogP contribution is -2.41. The van der Waals surface area contributed by atoms with E-state index in [1.54, 1.807) is 12.1 Å². The smallest absolute Gasteiger partial charge is 0.253 e. The van der Waals surface area contributed by atoms with Crippen LogP contribution < -0.4 is 10.0 Å². The third-order valence-electron chi connectivity index (χ3n) is 2.86. The highest BCUT2D eigenvalue weighted by Crippen LogP contribution is 2.21. The van der Waals surface area contributed by atoms with Crippen LogP contribution in [0.3, 0.4) is 0 Å². The van der Waals surface area contributed by atoms with Gasteiger partial charge in [0.15, 0.2) is 11.0 Å². The normalized spacial score (nSPS) is 12.5. The van der Waals surface area contributed by atoms with Crippen LogP contribution in [-0.2, 0) is 11.0 Å². The van der Waals surface area contributed by atoms with Gasteiger partial charge >= 0.3 is 0 Å². The number of benzene rings is 2. The molecule has 0 aromatic heterocycles. The second-order valence-corrected chi connectivity index (χ2v) is 7.70. The summed E-state index contributed by atoms with van der Waals surface area (Å²) in [6, 6.07) is 13.9. The van der Waals surface area contributed by atoms with Crippen LogP contribution in [0.25, 0.3) is 0 Å². The Labute approximate surface area is 143 Å². The Hall–Kier alpha value is -1.85. The van der Waals surface area contributed by atoms with Crippen molar-refractivity contribution in [1.29, 1.82) is 0 Å². The molecule has 1 atom stereocenters. The van der Waals surface area contributed by atoms with Crippen LogP contribution in [-0.4, -0.2) is 15.7 Å². The predicted octanol–water partition coefficient (Wildman–Crippen LogP) is 4.00. The minimum atomic E-state index is -1.57. The highest BCUT2D eigenvalue weighted by atomic mass is 35.5. The summed E-state index contributed by atoms with van der Waals surface area (Å²) in [5.41, 5.74) is 0.613. The molecule has 23 heavy (non-hydrogen) atoms. The lowest BCUT2D eigenvalue weighted by molar-refractivity contribution is 0.0916. The van der Waals surface area contributed by atoms with E-state index in [0.29, 0.717) is 21.2 Å². The van der Waals surface area contributed by atoms with Crippen molar-refractivity contribution in [3.05, 3.63) is 59.1 Å². The predicted molar refractivity (Wildman–Crippen MR) is 95.1 cm³/mol. The van der Waals surface area contributed by atoms with Crippen molar-refractivity contribution in [3.63, 3.8) is 0 Å². The number of carbonyl (C=O) groups is 1. The van der Waals surface area contributed by atoms with Gasteiger partial charge in [-0.15, -0.1) is 0 Å². The fourth-order valence-corrected chi connectivity index (χ4v) is 3.09. The molecule has 0 saturated heterocycles. The van der Waals surface area contributed by atoms with Gasteiger partial charge in [-0.3, -0.25) is 4.79 Å². The molecule has 0 aliphatic rings. The van der Waals surface area contributed by atoms with E-state index < -0.39 is 16.5 Å². The zero-order valence-corrected chi connectivity index (χ0v) is 14.8. The summed E-state index contributed by atoms with van der Waals surface area (Å²) in [7, 11) is -1.57. The Kier molecular flexibility index (Phi) is 5.44. The molecule has 2 rings (SSSR count). The fourth-order valence-electron chi connectivity index (χ4n) is 1.92. The van der Waals surface area contributed by atoms with E-state index in [2.05, 4.69) is 10.0 Å². The van der Waals surface area contributed by atoms with Gasteiger partial charge in [0.05, 0.1) is 10.5 Å². The molecule has 0 saturated carbocycles. The van der Waals surface area contributed by atoms with E-state index >= 15 is 0 Å². The number of rotatable bonds is 4. The summed E-state index contributed by atoms with van der Waals surface area (Å²) in [6.07, 6.45) is 0. The summed E-state index contributed by atoms with van der Waals surface area (Å²) in [5.74, 6) is -0.307. The monoisotopic (exact) mass is 350 g/mol. The van der Waals surface area contributed by atoms with E-state index in [-0.39, 0.29) is 5.91 Å². The molecule has 2 aromatic rings. The van der Waals surface area contributed by atoms with E-state index in [1.165, 1.54) is 6.07 Å². The minimum Gasteiger partial charge on any atom is -0.347 e. The van der Waals surface area contributed by atoms with E-state index in [1.807, 2.05) is 51.1 Å². The van der Waals surface area contributed by atoms with Gasteiger partial charge in [0.1, 0.15) is 0 Å². The van der Waals surface area contributed by atoms with Crippen molar-refractivity contribution in [3.8, 4) is 0 Å². The van der Waals surface area contributed by atoms with Gasteiger partial charge in [0.25, 0.3) is 5.91 Å². The van der Waals surface area contributed by atoms with Gasteiger partial charge in [0, 0.05) is 16.2 Å². The second kappa shape index (κ2) is 7.15. The molecule has 2 aromatic carbocycles. The Morgan fingerprint density at radius 3 is 2.35 bits per heavy atom. The van der Waals surface area contributed by atoms with E-state index in [9.17, 15) is 9.00 Å². The highest BCUT2D eigenvalue weighted by Gasteiger charge is 2.21. The van der Waals surface area contributed by atoms with Gasteiger partial charge in [-0.05, 0) is 51.1 Å². The summed E-state index contributed by atoms with van der Waals surface area (Å²) in [5, 5.41) is 3.28. The molecular weight excluding hydrogens is 332 g/mol. The molecule has 0 spiro atoms. The van der Waals surface area contributed by atoms with Crippen LogP contribution in [0.4, 0.5) is 5.69 Å². The van der Waals surface area contributed by atoms with Crippen molar-refractivity contribution >= 4 is 34.2 Å². The zero-order chi connectivity index (χ0) is 17.0. The molecule has 4 nitrogen and oxygen atoms in total. The average molecular weight is 351 g/mol. The first-order valence-electron chi connectivity index (χ1n) is 7.12. The number of hydrogen-bond acceptors (Lipinski definition) is 2. The first kappa shape index (κ1) is 17.5. The minimum absolute atomic E-state index is 0.300. The number of hydrogen-bond donors (Lipinski definition) is 2. The lowest BCUT2D eigenvalue weighted by Gasteiger charge is -2.21. The van der Waals surface area contributed by atoms with Crippen LogP contribution in [0, 0.1) is 0 Å². The van der Waals surface area contributed by atoms with Crippen LogP contribution in [0.1, 0.15) is 31.1 Å². The Morgan fingerprint density at radius 1 is 1.09 bits per heavy atom. The molecule has 1 amide bonds. The van der Waals surface area contributed by atoms with Gasteiger partial charge in [-0.1, -0.05) is 29.8 Å². The fraction of sp³-hybridized carbons (Fsp3) is 0.235. The zero-order valence-electron chi connectivity index (χ0n) is 13.2. The van der Waals surface area contributed by atoms with Gasteiger partial charge in [-0.25, -0.2) is 4.21 Å². The number of carbonyl (C=O) groups excluding carboxylic acids is 1. The summed E-state index contributed by atoms with van der Waals surface area (Å²) in [6.45, 7) is 5.65. The number of nitrogens with one attached hydrogen (secondary N) is 2. The SMILES string of the molecule is CC(C)(C)NC(=O)c1cc(Cl)ccc1S(=O)Nc1ccccc1. The first-order chi connectivity index (χ1) is 10.8. The first-order valence-corrected chi connectivity index (χ1v) is 8.64. The Balaban J connectivity index is 2.31. The maximum Gasteiger partial charge on any atom is 0.253 e. The molecule has 2 N–H and O–H groups in total. The molecule has 0 aliphatic heterocycles. The van der Waals surface area contributed by atoms with Crippen LogP contribution in [0.5, 0.6) is 0 Å². The summed E-state index contributed by atoms with van der Waals surface area (Å²) in [4.78, 5) is 12.8. The Morgan fingerprint density at radius 2 is 1.74 bits per heavy atom. The third kappa shape index (κ3) is 5.08. The van der Waals surface area contributed by atoms with Crippen LogP contribution >= 0.6 is 11.6 Å². The Bertz CT molecular complexity index is 727. The maximum atomic E-state index is 12.6. The second-order valence-electron chi connectivity index (χ2n) is 6.08. The largest absolute Gasteiger partial charge is 0.347 e. The van der Waals surface area contributed by atoms with Crippen molar-refractivity contribution in [2.24, 2.45) is 0 Å². The van der Waals surface area contributed by atoms with E-state index in [0.717, 1.165) is 0 Å². The van der Waals surface area contributed by atoms with Crippen molar-refractivity contribution in [2.45, 2.75) is 31.2 Å². The van der Waals surface area contributed by atoms with Crippen molar-refractivity contribution in [1.82, 2.24) is 5.32 Å². The summed E-state index contributed by atoms with van der Waals surface area (Å²) >= 11 is 6.00.